The maximum atomic E-state index is 12.9. The molecule has 1 saturated heterocycles. The second kappa shape index (κ2) is 9.07. The Morgan fingerprint density at radius 1 is 1.32 bits per heavy atom. The number of hydrogen-bond donors (Lipinski definition) is 1. The summed E-state index contributed by atoms with van der Waals surface area (Å²) in [5.41, 5.74) is 1.01. The number of hydrogen-bond acceptors (Lipinski definition) is 5. The molecule has 3 rings (SSSR count). The van der Waals surface area contributed by atoms with Crippen molar-refractivity contribution in [2.45, 2.75) is 36.4 Å². The average Bonchev–Trinajstić information content (AvgIpc) is 3.28. The van der Waals surface area contributed by atoms with Crippen molar-refractivity contribution in [3.63, 3.8) is 0 Å². The Balaban J connectivity index is 1.67. The summed E-state index contributed by atoms with van der Waals surface area (Å²) in [6, 6.07) is 10.9. The van der Waals surface area contributed by atoms with E-state index >= 15 is 0 Å². The van der Waals surface area contributed by atoms with Crippen LogP contribution in [0.3, 0.4) is 0 Å². The molecule has 1 aliphatic heterocycles. The first-order valence-electron chi connectivity index (χ1n) is 9.43. The first kappa shape index (κ1) is 20.8. The highest BCUT2D eigenvalue weighted by atomic mass is 32.2. The molecular formula is C20H26N2O4S2. The van der Waals surface area contributed by atoms with Gasteiger partial charge in [-0.25, -0.2) is 8.42 Å². The molecule has 2 unspecified atom stereocenters. The molecular weight excluding hydrogens is 396 g/mol. The Morgan fingerprint density at radius 3 is 2.68 bits per heavy atom. The van der Waals surface area contributed by atoms with Crippen LogP contribution >= 0.6 is 11.3 Å². The van der Waals surface area contributed by atoms with E-state index < -0.39 is 10.0 Å². The van der Waals surface area contributed by atoms with E-state index in [9.17, 15) is 13.2 Å². The topological polar surface area (TPSA) is 75.7 Å². The average molecular weight is 423 g/mol. The Bertz CT molecular complexity index is 879. The molecule has 8 heteroatoms. The largest absolute Gasteiger partial charge is 0.497 e. The van der Waals surface area contributed by atoms with Crippen molar-refractivity contribution in [1.82, 2.24) is 9.62 Å². The fourth-order valence-electron chi connectivity index (χ4n) is 3.46. The fourth-order valence-corrected chi connectivity index (χ4v) is 6.13. The predicted molar refractivity (Wildman–Crippen MR) is 110 cm³/mol. The van der Waals surface area contributed by atoms with Gasteiger partial charge in [-0.1, -0.05) is 25.1 Å². The van der Waals surface area contributed by atoms with Gasteiger partial charge < -0.3 is 10.1 Å². The summed E-state index contributed by atoms with van der Waals surface area (Å²) in [5.74, 6) is 0.344. The van der Waals surface area contributed by atoms with Crippen LogP contribution in [0.5, 0.6) is 5.75 Å². The highest BCUT2D eigenvalue weighted by molar-refractivity contribution is 7.91. The van der Waals surface area contributed by atoms with E-state index in [2.05, 4.69) is 5.32 Å². The van der Waals surface area contributed by atoms with Crippen molar-refractivity contribution in [3.8, 4) is 5.75 Å². The number of methoxy groups -OCH3 is 1. The number of rotatable bonds is 7. The molecule has 152 valence electrons. The normalized spacial score (nSPS) is 19.1. The zero-order valence-corrected chi connectivity index (χ0v) is 17.8. The minimum Gasteiger partial charge on any atom is -0.497 e. The van der Waals surface area contributed by atoms with Gasteiger partial charge in [0.25, 0.3) is 10.0 Å². The minimum absolute atomic E-state index is 0.0891. The maximum Gasteiger partial charge on any atom is 0.252 e. The van der Waals surface area contributed by atoms with E-state index in [-0.39, 0.29) is 24.4 Å². The SMILES string of the molecule is CCC(NC(=O)C1CCCN(S(=O)(=O)c2cccs2)C1)c1ccc(OC)cc1. The van der Waals surface area contributed by atoms with Gasteiger partial charge in [-0.2, -0.15) is 4.31 Å². The van der Waals surface area contributed by atoms with Crippen LogP contribution < -0.4 is 10.1 Å². The summed E-state index contributed by atoms with van der Waals surface area (Å²) in [5, 5.41) is 4.85. The third kappa shape index (κ3) is 4.56. The Kier molecular flexibility index (Phi) is 6.74. The number of nitrogens with one attached hydrogen (secondary N) is 1. The van der Waals surface area contributed by atoms with Crippen molar-refractivity contribution in [3.05, 3.63) is 47.3 Å². The van der Waals surface area contributed by atoms with Gasteiger partial charge in [0, 0.05) is 13.1 Å². The van der Waals surface area contributed by atoms with Crippen molar-refractivity contribution in [1.29, 1.82) is 0 Å². The lowest BCUT2D eigenvalue weighted by Gasteiger charge is -2.31. The summed E-state index contributed by atoms with van der Waals surface area (Å²) < 4.78 is 32.5. The Hall–Kier alpha value is -1.90. The van der Waals surface area contributed by atoms with Crippen LogP contribution in [-0.4, -0.2) is 38.8 Å². The number of amides is 1. The highest BCUT2D eigenvalue weighted by Crippen LogP contribution is 2.27. The smallest absolute Gasteiger partial charge is 0.252 e. The second-order valence-electron chi connectivity index (χ2n) is 6.88. The molecule has 1 aliphatic rings. The lowest BCUT2D eigenvalue weighted by molar-refractivity contribution is -0.126. The molecule has 0 spiro atoms. The molecule has 2 atom stereocenters. The molecule has 1 aromatic carbocycles. The van der Waals surface area contributed by atoms with E-state index in [1.165, 1.54) is 15.6 Å². The van der Waals surface area contributed by atoms with Gasteiger partial charge in [-0.3, -0.25) is 4.79 Å². The van der Waals surface area contributed by atoms with Crippen LogP contribution in [0.15, 0.2) is 46.0 Å². The molecule has 28 heavy (non-hydrogen) atoms. The second-order valence-corrected chi connectivity index (χ2v) is 9.99. The van der Waals surface area contributed by atoms with Gasteiger partial charge in [0.05, 0.1) is 19.1 Å². The van der Waals surface area contributed by atoms with Crippen LogP contribution in [0, 0.1) is 5.92 Å². The van der Waals surface area contributed by atoms with E-state index in [1.54, 1.807) is 24.6 Å². The first-order valence-corrected chi connectivity index (χ1v) is 11.8. The monoisotopic (exact) mass is 422 g/mol. The third-order valence-electron chi connectivity index (χ3n) is 5.09. The summed E-state index contributed by atoms with van der Waals surface area (Å²) in [4.78, 5) is 12.9. The lowest BCUT2D eigenvalue weighted by Crippen LogP contribution is -2.45. The number of nitrogens with zero attached hydrogens (tertiary/aromatic N) is 1. The molecule has 2 aromatic rings. The van der Waals surface area contributed by atoms with Gasteiger partial charge in [0.15, 0.2) is 0 Å². The lowest BCUT2D eigenvalue weighted by atomic mass is 9.97. The van der Waals surface area contributed by atoms with Crippen molar-refractivity contribution >= 4 is 27.3 Å². The van der Waals surface area contributed by atoms with E-state index in [0.717, 1.165) is 17.7 Å². The molecule has 0 saturated carbocycles. The molecule has 1 N–H and O–H groups in total. The number of benzene rings is 1. The Morgan fingerprint density at radius 2 is 2.07 bits per heavy atom. The predicted octanol–water partition coefficient (Wildman–Crippen LogP) is 3.42. The number of carbonyl (C=O) groups is 1. The Labute approximate surface area is 170 Å². The zero-order valence-electron chi connectivity index (χ0n) is 16.1. The fraction of sp³-hybridized carbons (Fsp3) is 0.450. The number of sulfonamides is 1. The standard InChI is InChI=1S/C20H26N2O4S2/c1-3-18(15-8-10-17(26-2)11-9-15)21-20(23)16-6-4-12-22(14-16)28(24,25)19-7-5-13-27-19/h5,7-11,13,16,18H,3-4,6,12,14H2,1-2H3,(H,21,23). The van der Waals surface area contributed by atoms with E-state index in [1.807, 2.05) is 31.2 Å². The number of piperidine rings is 1. The minimum atomic E-state index is -3.52. The van der Waals surface area contributed by atoms with Crippen LogP contribution in [0.2, 0.25) is 0 Å². The van der Waals surface area contributed by atoms with Crippen molar-refractivity contribution < 1.29 is 17.9 Å². The molecule has 1 aromatic heterocycles. The molecule has 2 heterocycles. The van der Waals surface area contributed by atoms with Crippen molar-refractivity contribution in [2.75, 3.05) is 20.2 Å². The number of carbonyl (C=O) groups excluding carboxylic acids is 1. The summed E-state index contributed by atoms with van der Waals surface area (Å²) in [6.07, 6.45) is 2.13. The van der Waals surface area contributed by atoms with Crippen LogP contribution in [-0.2, 0) is 14.8 Å². The molecule has 0 aliphatic carbocycles. The summed E-state index contributed by atoms with van der Waals surface area (Å²) in [6.45, 7) is 2.70. The molecule has 0 bridgehead atoms. The van der Waals surface area contributed by atoms with Crippen LogP contribution in [0.4, 0.5) is 0 Å². The van der Waals surface area contributed by atoms with Gasteiger partial charge in [0.1, 0.15) is 9.96 Å². The number of thiophene rings is 1. The van der Waals surface area contributed by atoms with E-state index in [4.69, 9.17) is 4.74 Å². The summed E-state index contributed by atoms with van der Waals surface area (Å²) >= 11 is 1.21. The number of ether oxygens (including phenoxy) is 1. The zero-order chi connectivity index (χ0) is 20.1. The molecule has 6 nitrogen and oxygen atoms in total. The van der Waals surface area contributed by atoms with Gasteiger partial charge in [0.2, 0.25) is 5.91 Å². The third-order valence-corrected chi connectivity index (χ3v) is 8.33. The highest BCUT2D eigenvalue weighted by Gasteiger charge is 2.34. The van der Waals surface area contributed by atoms with Crippen LogP contribution in [0.25, 0.3) is 0 Å². The molecule has 1 amide bonds. The van der Waals surface area contributed by atoms with Gasteiger partial charge in [-0.05, 0) is 48.4 Å². The molecule has 1 fully saturated rings. The van der Waals surface area contributed by atoms with E-state index in [0.29, 0.717) is 23.6 Å². The maximum absolute atomic E-state index is 12.9. The summed E-state index contributed by atoms with van der Waals surface area (Å²) in [7, 11) is -1.90. The first-order chi connectivity index (χ1) is 13.5. The molecule has 0 radical (unpaired) electrons. The van der Waals surface area contributed by atoms with Gasteiger partial charge in [-0.15, -0.1) is 11.3 Å². The van der Waals surface area contributed by atoms with Crippen LogP contribution in [0.1, 0.15) is 37.8 Å². The van der Waals surface area contributed by atoms with Gasteiger partial charge >= 0.3 is 0 Å². The quantitative estimate of drug-likeness (QED) is 0.742. The van der Waals surface area contributed by atoms with Crippen molar-refractivity contribution in [2.24, 2.45) is 5.92 Å².